The summed E-state index contributed by atoms with van der Waals surface area (Å²) in [4.78, 5) is 13.1. The van der Waals surface area contributed by atoms with Gasteiger partial charge in [0, 0.05) is 23.4 Å². The summed E-state index contributed by atoms with van der Waals surface area (Å²) in [6.07, 6.45) is 2.09. The van der Waals surface area contributed by atoms with Crippen LogP contribution in [-0.4, -0.2) is 18.0 Å². The molecule has 0 bridgehead atoms. The van der Waals surface area contributed by atoms with Crippen LogP contribution in [0.3, 0.4) is 0 Å². The van der Waals surface area contributed by atoms with Crippen molar-refractivity contribution in [2.24, 2.45) is 11.7 Å². The van der Waals surface area contributed by atoms with Crippen molar-refractivity contribution in [3.8, 4) is 0 Å². The Morgan fingerprint density at radius 3 is 2.68 bits per heavy atom. The van der Waals surface area contributed by atoms with E-state index in [2.05, 4.69) is 19.2 Å². The zero-order valence-electron chi connectivity index (χ0n) is 11.8. The van der Waals surface area contributed by atoms with E-state index in [1.165, 1.54) is 11.3 Å². The Morgan fingerprint density at radius 1 is 1.53 bits per heavy atom. The van der Waals surface area contributed by atoms with Crippen LogP contribution in [0.5, 0.6) is 0 Å². The number of halogens is 1. The Labute approximate surface area is 124 Å². The minimum absolute atomic E-state index is 0.0538. The highest BCUT2D eigenvalue weighted by atomic mass is 35.5. The quantitative estimate of drug-likeness (QED) is 0.812. The highest BCUT2D eigenvalue weighted by molar-refractivity contribution is 7.16. The molecule has 1 rings (SSSR count). The number of aryl methyl sites for hydroxylation is 1. The summed E-state index contributed by atoms with van der Waals surface area (Å²) >= 11 is 7.39. The topological polar surface area (TPSA) is 55.1 Å². The zero-order chi connectivity index (χ0) is 14.5. The van der Waals surface area contributed by atoms with E-state index in [9.17, 15) is 4.79 Å². The van der Waals surface area contributed by atoms with E-state index in [0.29, 0.717) is 18.9 Å². The fraction of sp³-hybridized carbons (Fsp3) is 0.643. The minimum atomic E-state index is -0.307. The minimum Gasteiger partial charge on any atom is -0.350 e. The van der Waals surface area contributed by atoms with Crippen LogP contribution in [0.25, 0.3) is 0 Å². The molecule has 3 nitrogen and oxygen atoms in total. The lowest BCUT2D eigenvalue weighted by atomic mass is 9.90. The molecule has 1 unspecified atom stereocenters. The first-order chi connectivity index (χ1) is 8.84. The largest absolute Gasteiger partial charge is 0.350 e. The fourth-order valence-electron chi connectivity index (χ4n) is 2.21. The third-order valence-corrected chi connectivity index (χ3v) is 4.27. The van der Waals surface area contributed by atoms with Crippen molar-refractivity contribution in [1.29, 1.82) is 0 Å². The maximum absolute atomic E-state index is 12.0. The molecule has 1 aromatic rings. The summed E-state index contributed by atoms with van der Waals surface area (Å²) < 4.78 is 0.766. The van der Waals surface area contributed by atoms with Crippen molar-refractivity contribution < 1.29 is 4.79 Å². The highest BCUT2D eigenvalue weighted by Crippen LogP contribution is 2.22. The standard InChI is InChI=1S/C14H23ClN2OS/c1-10(2)8-14(3,9-16)17-13(18)7-5-11-4-6-12(15)19-11/h4,6,10H,5,7-9,16H2,1-3H3,(H,17,18). The van der Waals surface area contributed by atoms with Gasteiger partial charge in [0.1, 0.15) is 0 Å². The maximum Gasteiger partial charge on any atom is 0.220 e. The van der Waals surface area contributed by atoms with E-state index in [1.807, 2.05) is 19.1 Å². The van der Waals surface area contributed by atoms with Crippen LogP contribution in [0.4, 0.5) is 0 Å². The Kier molecular flexibility index (Phi) is 6.30. The first kappa shape index (κ1) is 16.5. The Balaban J connectivity index is 2.45. The van der Waals surface area contributed by atoms with Gasteiger partial charge in [-0.3, -0.25) is 4.79 Å². The Bertz CT molecular complexity index is 419. The van der Waals surface area contributed by atoms with Crippen LogP contribution in [0.1, 0.15) is 38.5 Å². The van der Waals surface area contributed by atoms with Gasteiger partial charge in [-0.15, -0.1) is 11.3 Å². The average Bonchev–Trinajstić information content (AvgIpc) is 2.71. The van der Waals surface area contributed by atoms with Gasteiger partial charge in [0.05, 0.1) is 4.34 Å². The predicted octanol–water partition coefficient (Wildman–Crippen LogP) is 3.21. The van der Waals surface area contributed by atoms with Crippen molar-refractivity contribution >= 4 is 28.8 Å². The molecule has 1 atom stereocenters. The number of hydrogen-bond donors (Lipinski definition) is 2. The van der Waals surface area contributed by atoms with Crippen LogP contribution in [0.15, 0.2) is 12.1 Å². The molecule has 0 radical (unpaired) electrons. The fourth-order valence-corrected chi connectivity index (χ4v) is 3.30. The molecule has 5 heteroatoms. The molecule has 0 saturated heterocycles. The van der Waals surface area contributed by atoms with Gasteiger partial charge in [-0.2, -0.15) is 0 Å². The smallest absolute Gasteiger partial charge is 0.220 e. The van der Waals surface area contributed by atoms with Gasteiger partial charge in [-0.1, -0.05) is 25.4 Å². The number of nitrogens with one attached hydrogen (secondary N) is 1. The lowest BCUT2D eigenvalue weighted by Crippen LogP contribution is -2.52. The lowest BCUT2D eigenvalue weighted by Gasteiger charge is -2.31. The van der Waals surface area contributed by atoms with Crippen LogP contribution in [0, 0.1) is 5.92 Å². The molecule has 0 fully saturated rings. The normalized spacial score (nSPS) is 14.4. The second kappa shape index (κ2) is 7.27. The van der Waals surface area contributed by atoms with Crippen LogP contribution < -0.4 is 11.1 Å². The van der Waals surface area contributed by atoms with E-state index < -0.39 is 0 Å². The van der Waals surface area contributed by atoms with Crippen LogP contribution >= 0.6 is 22.9 Å². The molecule has 1 aromatic heterocycles. The lowest BCUT2D eigenvalue weighted by molar-refractivity contribution is -0.122. The molecule has 0 spiro atoms. The van der Waals surface area contributed by atoms with Crippen molar-refractivity contribution in [1.82, 2.24) is 5.32 Å². The van der Waals surface area contributed by atoms with Crippen molar-refractivity contribution in [3.63, 3.8) is 0 Å². The average molecular weight is 303 g/mol. The third kappa shape index (κ3) is 5.93. The maximum atomic E-state index is 12.0. The van der Waals surface area contributed by atoms with Crippen LogP contribution in [0.2, 0.25) is 4.34 Å². The summed E-state index contributed by atoms with van der Waals surface area (Å²) in [6.45, 7) is 6.73. The number of nitrogens with two attached hydrogens (primary N) is 1. The number of carbonyl (C=O) groups is 1. The van der Waals surface area contributed by atoms with Crippen molar-refractivity contribution in [2.75, 3.05) is 6.54 Å². The van der Waals surface area contributed by atoms with Crippen molar-refractivity contribution in [2.45, 2.75) is 45.6 Å². The number of thiophene rings is 1. The van der Waals surface area contributed by atoms with E-state index in [1.54, 1.807) is 0 Å². The number of hydrogen-bond acceptors (Lipinski definition) is 3. The molecular weight excluding hydrogens is 280 g/mol. The van der Waals surface area contributed by atoms with Gasteiger partial charge in [-0.25, -0.2) is 0 Å². The molecule has 19 heavy (non-hydrogen) atoms. The second-order valence-corrected chi connectivity index (χ2v) is 7.42. The summed E-state index contributed by atoms with van der Waals surface area (Å²) in [5.41, 5.74) is 5.48. The van der Waals surface area contributed by atoms with Gasteiger partial charge in [0.25, 0.3) is 0 Å². The second-order valence-electron chi connectivity index (χ2n) is 5.62. The van der Waals surface area contributed by atoms with E-state index in [-0.39, 0.29) is 11.4 Å². The van der Waals surface area contributed by atoms with Gasteiger partial charge < -0.3 is 11.1 Å². The Morgan fingerprint density at radius 2 is 2.21 bits per heavy atom. The molecule has 0 aliphatic rings. The molecule has 0 aliphatic heterocycles. The first-order valence-corrected chi connectivity index (χ1v) is 7.79. The molecule has 0 saturated carbocycles. The van der Waals surface area contributed by atoms with E-state index in [0.717, 1.165) is 22.1 Å². The molecule has 108 valence electrons. The van der Waals surface area contributed by atoms with E-state index in [4.69, 9.17) is 17.3 Å². The summed E-state index contributed by atoms with van der Waals surface area (Å²) in [6, 6.07) is 3.83. The van der Waals surface area contributed by atoms with Crippen LogP contribution in [-0.2, 0) is 11.2 Å². The third-order valence-electron chi connectivity index (χ3n) is 2.98. The molecular formula is C14H23ClN2OS. The number of rotatable bonds is 7. The summed E-state index contributed by atoms with van der Waals surface area (Å²) in [5, 5.41) is 3.06. The number of carbonyl (C=O) groups excluding carboxylic acids is 1. The van der Waals surface area contributed by atoms with Gasteiger partial charge in [-0.05, 0) is 37.8 Å². The first-order valence-electron chi connectivity index (χ1n) is 6.60. The van der Waals surface area contributed by atoms with E-state index >= 15 is 0 Å². The molecule has 0 aromatic carbocycles. The Hall–Kier alpha value is -0.580. The van der Waals surface area contributed by atoms with Gasteiger partial charge >= 0.3 is 0 Å². The number of amides is 1. The predicted molar refractivity (Wildman–Crippen MR) is 82.7 cm³/mol. The zero-order valence-corrected chi connectivity index (χ0v) is 13.4. The molecule has 0 aliphatic carbocycles. The summed E-state index contributed by atoms with van der Waals surface area (Å²) in [5.74, 6) is 0.558. The highest BCUT2D eigenvalue weighted by Gasteiger charge is 2.25. The SMILES string of the molecule is CC(C)CC(C)(CN)NC(=O)CCc1ccc(Cl)s1. The molecule has 1 heterocycles. The monoisotopic (exact) mass is 302 g/mol. The van der Waals surface area contributed by atoms with Crippen molar-refractivity contribution in [3.05, 3.63) is 21.3 Å². The van der Waals surface area contributed by atoms with Gasteiger partial charge in [0.2, 0.25) is 5.91 Å². The molecule has 1 amide bonds. The summed E-state index contributed by atoms with van der Waals surface area (Å²) in [7, 11) is 0. The van der Waals surface area contributed by atoms with Gasteiger partial charge in [0.15, 0.2) is 0 Å². The molecule has 3 N–H and O–H groups in total.